The lowest BCUT2D eigenvalue weighted by atomic mass is 9.99. The molecule has 0 radical (unpaired) electrons. The number of aliphatic hydroxyl groups is 1. The van der Waals surface area contributed by atoms with Gasteiger partial charge in [-0.1, -0.05) is 18.2 Å². The van der Waals surface area contributed by atoms with E-state index in [1.807, 2.05) is 39.0 Å². The van der Waals surface area contributed by atoms with E-state index in [9.17, 15) is 14.3 Å². The van der Waals surface area contributed by atoms with Gasteiger partial charge in [-0.3, -0.25) is 0 Å². The quantitative estimate of drug-likeness (QED) is 0.580. The molecule has 0 bridgehead atoms. The van der Waals surface area contributed by atoms with Crippen LogP contribution in [0.4, 0.5) is 26.6 Å². The van der Waals surface area contributed by atoms with Gasteiger partial charge in [-0.15, -0.1) is 0 Å². The molecule has 0 fully saturated rings. The van der Waals surface area contributed by atoms with Crippen molar-refractivity contribution < 1.29 is 14.3 Å². The van der Waals surface area contributed by atoms with E-state index in [1.165, 1.54) is 12.1 Å². The molecular formula is C23H24FN5O2. The van der Waals surface area contributed by atoms with Crippen LogP contribution in [-0.2, 0) is 6.54 Å². The number of carbonyl (C=O) groups excluding carboxylic acids is 1. The van der Waals surface area contributed by atoms with Crippen LogP contribution >= 0.6 is 0 Å². The number of rotatable bonds is 5. The maximum absolute atomic E-state index is 13.7. The van der Waals surface area contributed by atoms with Crippen molar-refractivity contribution in [3.8, 4) is 11.3 Å². The number of para-hydroxylation sites is 1. The van der Waals surface area contributed by atoms with E-state index < -0.39 is 0 Å². The van der Waals surface area contributed by atoms with Crippen LogP contribution in [0.1, 0.15) is 22.3 Å². The molecule has 8 heteroatoms. The third-order valence-corrected chi connectivity index (χ3v) is 5.32. The predicted octanol–water partition coefficient (Wildman–Crippen LogP) is 3.97. The van der Waals surface area contributed by atoms with Gasteiger partial charge in [0.25, 0.3) is 0 Å². The first-order valence-corrected chi connectivity index (χ1v) is 10.1. The smallest absolute Gasteiger partial charge is 0.328 e. The van der Waals surface area contributed by atoms with Crippen LogP contribution in [0.5, 0.6) is 0 Å². The Morgan fingerprint density at radius 2 is 1.87 bits per heavy atom. The van der Waals surface area contributed by atoms with Crippen molar-refractivity contribution in [1.29, 1.82) is 0 Å². The number of hydrogen-bond acceptors (Lipinski definition) is 5. The summed E-state index contributed by atoms with van der Waals surface area (Å²) in [6.45, 7) is 6.13. The Morgan fingerprint density at radius 1 is 1.13 bits per heavy atom. The van der Waals surface area contributed by atoms with Crippen molar-refractivity contribution in [2.24, 2.45) is 0 Å². The molecule has 2 aromatic carbocycles. The number of halogens is 1. The molecule has 1 aliphatic rings. The standard InChI is InChI=1S/C23H24FN5O2/c1-13-5-4-6-14(2)20(13)29-21-18(12-26-23(29)31)19(27-22(28-21)25-9-10-30)17-8-7-16(24)11-15(17)3/h4-8,11,30H,9-10,12H2,1-3H3,(H,26,31)(H,25,27,28). The molecule has 160 valence electrons. The van der Waals surface area contributed by atoms with Crippen LogP contribution in [0.15, 0.2) is 36.4 Å². The van der Waals surface area contributed by atoms with Crippen LogP contribution in [0.25, 0.3) is 11.3 Å². The molecule has 0 aliphatic carbocycles. The molecule has 0 unspecified atom stereocenters. The fraction of sp³-hybridized carbons (Fsp3) is 0.261. The first kappa shape index (κ1) is 20.7. The molecule has 1 aromatic heterocycles. The molecule has 3 N–H and O–H groups in total. The van der Waals surface area contributed by atoms with Crippen LogP contribution in [-0.4, -0.2) is 34.3 Å². The number of aromatic nitrogens is 2. The number of aliphatic hydroxyl groups excluding tert-OH is 1. The molecular weight excluding hydrogens is 397 g/mol. The minimum atomic E-state index is -0.326. The first-order valence-electron chi connectivity index (χ1n) is 10.1. The lowest BCUT2D eigenvalue weighted by molar-refractivity contribution is 0.246. The van der Waals surface area contributed by atoms with Crippen molar-refractivity contribution in [2.45, 2.75) is 27.3 Å². The summed E-state index contributed by atoms with van der Waals surface area (Å²) in [6, 6.07) is 10.1. The fourth-order valence-electron chi connectivity index (χ4n) is 3.89. The predicted molar refractivity (Wildman–Crippen MR) is 118 cm³/mol. The van der Waals surface area contributed by atoms with Crippen molar-refractivity contribution in [2.75, 3.05) is 23.4 Å². The van der Waals surface area contributed by atoms with Gasteiger partial charge in [0.1, 0.15) is 5.82 Å². The second kappa shape index (κ2) is 8.31. The zero-order chi connectivity index (χ0) is 22.1. The summed E-state index contributed by atoms with van der Waals surface area (Å²) >= 11 is 0. The number of fused-ring (bicyclic) bond motifs is 1. The Kier molecular flexibility index (Phi) is 5.56. The molecule has 0 spiro atoms. The lowest BCUT2D eigenvalue weighted by Gasteiger charge is -2.32. The Labute approximate surface area is 180 Å². The van der Waals surface area contributed by atoms with Gasteiger partial charge < -0.3 is 15.7 Å². The molecule has 0 saturated carbocycles. The Hall–Kier alpha value is -3.52. The summed E-state index contributed by atoms with van der Waals surface area (Å²) in [7, 11) is 0. The molecule has 3 aromatic rings. The molecule has 0 saturated heterocycles. The van der Waals surface area contributed by atoms with Gasteiger partial charge >= 0.3 is 6.03 Å². The van der Waals surface area contributed by atoms with E-state index >= 15 is 0 Å². The van der Waals surface area contributed by atoms with Gasteiger partial charge in [-0.2, -0.15) is 4.98 Å². The molecule has 4 rings (SSSR count). The highest BCUT2D eigenvalue weighted by molar-refractivity contribution is 6.03. The molecule has 2 heterocycles. The highest BCUT2D eigenvalue weighted by atomic mass is 19.1. The number of carbonyl (C=O) groups is 1. The van der Waals surface area contributed by atoms with Gasteiger partial charge in [0.15, 0.2) is 5.82 Å². The minimum Gasteiger partial charge on any atom is -0.395 e. The number of amides is 2. The Morgan fingerprint density at radius 3 is 2.55 bits per heavy atom. The van der Waals surface area contributed by atoms with Crippen molar-refractivity contribution in [3.05, 3.63) is 64.5 Å². The third kappa shape index (κ3) is 3.82. The van der Waals surface area contributed by atoms with E-state index in [1.54, 1.807) is 11.0 Å². The van der Waals surface area contributed by atoms with E-state index in [-0.39, 0.29) is 37.5 Å². The van der Waals surface area contributed by atoms with Gasteiger partial charge in [0, 0.05) is 17.7 Å². The molecule has 1 aliphatic heterocycles. The number of hydrogen-bond donors (Lipinski definition) is 3. The average molecular weight is 421 g/mol. The number of urea groups is 1. The number of nitrogens with one attached hydrogen (secondary N) is 2. The monoisotopic (exact) mass is 421 g/mol. The molecule has 31 heavy (non-hydrogen) atoms. The second-order valence-electron chi connectivity index (χ2n) is 7.54. The largest absolute Gasteiger partial charge is 0.395 e. The number of benzene rings is 2. The topological polar surface area (TPSA) is 90.4 Å². The highest BCUT2D eigenvalue weighted by Gasteiger charge is 2.32. The Balaban J connectivity index is 1.98. The fourth-order valence-corrected chi connectivity index (χ4v) is 3.89. The number of aryl methyl sites for hydroxylation is 3. The van der Waals surface area contributed by atoms with E-state index in [2.05, 4.69) is 20.6 Å². The number of anilines is 3. The first-order chi connectivity index (χ1) is 14.9. The lowest BCUT2D eigenvalue weighted by Crippen LogP contribution is -2.43. The zero-order valence-corrected chi connectivity index (χ0v) is 17.7. The van der Waals surface area contributed by atoms with Crippen LogP contribution in [0.3, 0.4) is 0 Å². The molecule has 7 nitrogen and oxygen atoms in total. The minimum absolute atomic E-state index is 0.0908. The summed E-state index contributed by atoms with van der Waals surface area (Å²) in [6.07, 6.45) is 0. The van der Waals surface area contributed by atoms with E-state index in [0.717, 1.165) is 33.5 Å². The summed E-state index contributed by atoms with van der Waals surface area (Å²) in [5.41, 5.74) is 5.46. The van der Waals surface area contributed by atoms with Gasteiger partial charge in [0.05, 0.1) is 24.5 Å². The van der Waals surface area contributed by atoms with Gasteiger partial charge in [0.2, 0.25) is 5.95 Å². The van der Waals surface area contributed by atoms with Gasteiger partial charge in [-0.05, 0) is 55.7 Å². The maximum Gasteiger partial charge on any atom is 0.328 e. The van der Waals surface area contributed by atoms with Crippen molar-refractivity contribution >= 4 is 23.5 Å². The second-order valence-corrected chi connectivity index (χ2v) is 7.54. The van der Waals surface area contributed by atoms with E-state index in [0.29, 0.717) is 11.5 Å². The zero-order valence-electron chi connectivity index (χ0n) is 17.7. The summed E-state index contributed by atoms with van der Waals surface area (Å²) in [4.78, 5) is 23.8. The number of nitrogens with zero attached hydrogens (tertiary/aromatic N) is 3. The van der Waals surface area contributed by atoms with Crippen LogP contribution in [0, 0.1) is 26.6 Å². The van der Waals surface area contributed by atoms with Gasteiger partial charge in [-0.25, -0.2) is 19.1 Å². The molecule has 0 atom stereocenters. The Bertz CT molecular complexity index is 1140. The van der Waals surface area contributed by atoms with Crippen LogP contribution < -0.4 is 15.5 Å². The van der Waals surface area contributed by atoms with Crippen molar-refractivity contribution in [3.63, 3.8) is 0 Å². The SMILES string of the molecule is Cc1cc(F)ccc1-c1nc(NCCO)nc2c1CNC(=O)N2c1c(C)cccc1C. The average Bonchev–Trinajstić information content (AvgIpc) is 2.73. The van der Waals surface area contributed by atoms with Crippen LogP contribution in [0.2, 0.25) is 0 Å². The summed E-state index contributed by atoms with van der Waals surface area (Å²) in [5, 5.41) is 15.2. The summed E-state index contributed by atoms with van der Waals surface area (Å²) < 4.78 is 13.7. The maximum atomic E-state index is 13.7. The highest BCUT2D eigenvalue weighted by Crippen LogP contribution is 2.39. The van der Waals surface area contributed by atoms with Crippen molar-refractivity contribution in [1.82, 2.24) is 15.3 Å². The summed E-state index contributed by atoms with van der Waals surface area (Å²) in [5.74, 6) is 0.432. The van der Waals surface area contributed by atoms with E-state index in [4.69, 9.17) is 0 Å². The molecule has 2 amide bonds. The normalized spacial score (nSPS) is 13.1. The third-order valence-electron chi connectivity index (χ3n) is 5.32.